The summed E-state index contributed by atoms with van der Waals surface area (Å²) in [5, 5.41) is 5.88. The molecule has 2 N–H and O–H groups in total. The highest BCUT2D eigenvalue weighted by atomic mass is 16.2. The number of rotatable bonds is 2. The van der Waals surface area contributed by atoms with E-state index in [1.54, 1.807) is 7.05 Å². The van der Waals surface area contributed by atoms with E-state index in [4.69, 9.17) is 0 Å². The van der Waals surface area contributed by atoms with Crippen LogP contribution in [0.1, 0.15) is 44.9 Å². The molecule has 0 radical (unpaired) electrons. The first-order valence-electron chi connectivity index (χ1n) is 7.97. The van der Waals surface area contributed by atoms with E-state index in [0.29, 0.717) is 13.1 Å². The van der Waals surface area contributed by atoms with Crippen molar-refractivity contribution in [2.45, 2.75) is 51.0 Å². The van der Waals surface area contributed by atoms with Gasteiger partial charge in [-0.05, 0) is 12.8 Å². The summed E-state index contributed by atoms with van der Waals surface area (Å²) in [6, 6.07) is -0.341. The number of hydrogen-bond donors (Lipinski definition) is 2. The molecular weight excluding hydrogens is 254 g/mol. The van der Waals surface area contributed by atoms with Crippen molar-refractivity contribution in [2.75, 3.05) is 26.7 Å². The SMILES string of the molecule is CNC(=O)C1CNCCN1C(=O)C1CCCCCCC1. The van der Waals surface area contributed by atoms with Gasteiger partial charge in [0.1, 0.15) is 6.04 Å². The van der Waals surface area contributed by atoms with Gasteiger partial charge in [-0.25, -0.2) is 0 Å². The molecule has 0 bridgehead atoms. The second kappa shape index (κ2) is 7.62. The third-order valence-corrected chi connectivity index (χ3v) is 4.53. The molecule has 2 rings (SSSR count). The van der Waals surface area contributed by atoms with E-state index in [-0.39, 0.29) is 23.8 Å². The molecular formula is C15H27N3O2. The van der Waals surface area contributed by atoms with Gasteiger partial charge in [-0.2, -0.15) is 0 Å². The van der Waals surface area contributed by atoms with Gasteiger partial charge < -0.3 is 15.5 Å². The maximum absolute atomic E-state index is 12.8. The molecule has 1 unspecified atom stereocenters. The number of carbonyl (C=O) groups excluding carboxylic acids is 2. The van der Waals surface area contributed by atoms with E-state index >= 15 is 0 Å². The highest BCUT2D eigenvalue weighted by Gasteiger charge is 2.34. The molecule has 2 aliphatic rings. The zero-order chi connectivity index (χ0) is 14.4. The number of hydrogen-bond acceptors (Lipinski definition) is 3. The second-order valence-corrected chi connectivity index (χ2v) is 5.91. The molecule has 1 saturated heterocycles. The number of nitrogens with zero attached hydrogens (tertiary/aromatic N) is 1. The minimum absolute atomic E-state index is 0.0589. The van der Waals surface area contributed by atoms with Crippen molar-refractivity contribution in [1.82, 2.24) is 15.5 Å². The van der Waals surface area contributed by atoms with Gasteiger partial charge in [0.05, 0.1) is 0 Å². The summed E-state index contributed by atoms with van der Waals surface area (Å²) in [5.74, 6) is 0.263. The lowest BCUT2D eigenvalue weighted by Crippen LogP contribution is -2.60. The summed E-state index contributed by atoms with van der Waals surface area (Å²) in [4.78, 5) is 26.5. The summed E-state index contributed by atoms with van der Waals surface area (Å²) in [5.41, 5.74) is 0. The summed E-state index contributed by atoms with van der Waals surface area (Å²) < 4.78 is 0. The Kier molecular flexibility index (Phi) is 5.83. The first-order chi connectivity index (χ1) is 9.74. The molecule has 0 aromatic rings. The Bertz CT molecular complexity index is 338. The molecule has 0 aromatic heterocycles. The van der Waals surface area contributed by atoms with Crippen LogP contribution in [0, 0.1) is 5.92 Å². The van der Waals surface area contributed by atoms with Crippen molar-refractivity contribution in [3.8, 4) is 0 Å². The average Bonchev–Trinajstić information content (AvgIpc) is 2.45. The molecule has 1 aliphatic carbocycles. The van der Waals surface area contributed by atoms with Crippen LogP contribution in [0.2, 0.25) is 0 Å². The molecule has 5 heteroatoms. The van der Waals surface area contributed by atoms with Gasteiger partial charge in [-0.3, -0.25) is 9.59 Å². The predicted molar refractivity (Wildman–Crippen MR) is 78.2 cm³/mol. The minimum atomic E-state index is -0.341. The number of amides is 2. The fourth-order valence-electron chi connectivity index (χ4n) is 3.31. The molecule has 1 saturated carbocycles. The largest absolute Gasteiger partial charge is 0.357 e. The van der Waals surface area contributed by atoms with Crippen molar-refractivity contribution >= 4 is 11.8 Å². The Hall–Kier alpha value is -1.10. The van der Waals surface area contributed by atoms with Crippen molar-refractivity contribution < 1.29 is 9.59 Å². The molecule has 5 nitrogen and oxygen atoms in total. The number of piperazine rings is 1. The number of carbonyl (C=O) groups is 2. The molecule has 2 amide bonds. The molecule has 1 heterocycles. The summed E-state index contributed by atoms with van der Waals surface area (Å²) in [7, 11) is 1.63. The third kappa shape index (κ3) is 3.72. The summed E-state index contributed by atoms with van der Waals surface area (Å²) in [6.45, 7) is 2.00. The maximum Gasteiger partial charge on any atom is 0.243 e. The van der Waals surface area contributed by atoms with Crippen molar-refractivity contribution in [3.63, 3.8) is 0 Å². The molecule has 20 heavy (non-hydrogen) atoms. The normalized spacial score (nSPS) is 25.6. The third-order valence-electron chi connectivity index (χ3n) is 4.53. The van der Waals surface area contributed by atoms with Gasteiger partial charge in [-0.15, -0.1) is 0 Å². The molecule has 0 aromatic carbocycles. The van der Waals surface area contributed by atoms with Gasteiger partial charge in [0.2, 0.25) is 11.8 Å². The van der Waals surface area contributed by atoms with E-state index in [1.165, 1.54) is 19.3 Å². The van der Waals surface area contributed by atoms with Crippen LogP contribution in [0.5, 0.6) is 0 Å². The Balaban J connectivity index is 2.01. The average molecular weight is 281 g/mol. The first-order valence-corrected chi connectivity index (χ1v) is 7.97. The standard InChI is InChI=1S/C15H27N3O2/c1-16-14(19)13-11-17-9-10-18(13)15(20)12-7-5-3-2-4-6-8-12/h12-13,17H,2-11H2,1H3,(H,16,19). The minimum Gasteiger partial charge on any atom is -0.357 e. The first kappa shape index (κ1) is 15.3. The molecule has 0 spiro atoms. The Morgan fingerprint density at radius 3 is 2.40 bits per heavy atom. The van der Waals surface area contributed by atoms with E-state index in [1.807, 2.05) is 4.90 Å². The van der Waals surface area contributed by atoms with Crippen LogP contribution in [0.3, 0.4) is 0 Å². The zero-order valence-corrected chi connectivity index (χ0v) is 12.5. The van der Waals surface area contributed by atoms with Gasteiger partial charge in [0, 0.05) is 32.6 Å². The number of nitrogens with one attached hydrogen (secondary N) is 2. The Morgan fingerprint density at radius 2 is 1.75 bits per heavy atom. The molecule has 1 aliphatic heterocycles. The van der Waals surface area contributed by atoms with Gasteiger partial charge in [-0.1, -0.05) is 32.1 Å². The van der Waals surface area contributed by atoms with Crippen molar-refractivity contribution in [3.05, 3.63) is 0 Å². The lowest BCUT2D eigenvalue weighted by atomic mass is 9.89. The summed E-state index contributed by atoms with van der Waals surface area (Å²) >= 11 is 0. The topological polar surface area (TPSA) is 61.4 Å². The fourth-order valence-corrected chi connectivity index (χ4v) is 3.31. The van der Waals surface area contributed by atoms with Gasteiger partial charge in [0.15, 0.2) is 0 Å². The Morgan fingerprint density at radius 1 is 1.10 bits per heavy atom. The second-order valence-electron chi connectivity index (χ2n) is 5.91. The monoisotopic (exact) mass is 281 g/mol. The zero-order valence-electron chi connectivity index (χ0n) is 12.5. The van der Waals surface area contributed by atoms with E-state index < -0.39 is 0 Å². The lowest BCUT2D eigenvalue weighted by Gasteiger charge is -2.37. The molecule has 1 atom stereocenters. The molecule has 114 valence electrons. The smallest absolute Gasteiger partial charge is 0.243 e. The van der Waals surface area contributed by atoms with Crippen LogP contribution < -0.4 is 10.6 Å². The highest BCUT2D eigenvalue weighted by molar-refractivity contribution is 5.88. The lowest BCUT2D eigenvalue weighted by molar-refractivity contribution is -0.145. The van der Waals surface area contributed by atoms with Crippen LogP contribution in [-0.2, 0) is 9.59 Å². The van der Waals surface area contributed by atoms with Crippen LogP contribution in [0.25, 0.3) is 0 Å². The quantitative estimate of drug-likeness (QED) is 0.790. The van der Waals surface area contributed by atoms with Gasteiger partial charge >= 0.3 is 0 Å². The van der Waals surface area contributed by atoms with Crippen LogP contribution >= 0.6 is 0 Å². The number of likely N-dealkylation sites (N-methyl/N-ethyl adjacent to an activating group) is 1. The van der Waals surface area contributed by atoms with Crippen LogP contribution in [0.4, 0.5) is 0 Å². The summed E-state index contributed by atoms with van der Waals surface area (Å²) in [6.07, 6.45) is 8.05. The maximum atomic E-state index is 12.8. The fraction of sp³-hybridized carbons (Fsp3) is 0.867. The predicted octanol–water partition coefficient (Wildman–Crippen LogP) is 0.893. The van der Waals surface area contributed by atoms with E-state index in [9.17, 15) is 9.59 Å². The molecule has 2 fully saturated rings. The van der Waals surface area contributed by atoms with Crippen molar-refractivity contribution in [2.24, 2.45) is 5.92 Å². The van der Waals surface area contributed by atoms with E-state index in [2.05, 4.69) is 10.6 Å². The Labute approximate surface area is 121 Å². The van der Waals surface area contributed by atoms with Crippen LogP contribution in [-0.4, -0.2) is 49.4 Å². The van der Waals surface area contributed by atoms with Gasteiger partial charge in [0.25, 0.3) is 0 Å². The van der Waals surface area contributed by atoms with Crippen molar-refractivity contribution in [1.29, 1.82) is 0 Å². The van der Waals surface area contributed by atoms with E-state index in [0.717, 1.165) is 32.2 Å². The van der Waals surface area contributed by atoms with Crippen LogP contribution in [0.15, 0.2) is 0 Å². The highest BCUT2D eigenvalue weighted by Crippen LogP contribution is 2.25.